The first-order chi connectivity index (χ1) is 12.2. The van der Waals surface area contributed by atoms with Gasteiger partial charge in [0, 0.05) is 24.5 Å². The topological polar surface area (TPSA) is 24.9 Å². The van der Waals surface area contributed by atoms with E-state index in [1.807, 2.05) is 12.1 Å². The van der Waals surface area contributed by atoms with Crippen LogP contribution < -0.4 is 4.72 Å². The predicted molar refractivity (Wildman–Crippen MR) is 95.7 cm³/mol. The molecule has 0 amide bonds. The molecule has 3 aromatic rings. The van der Waals surface area contributed by atoms with Crippen LogP contribution in [0, 0.1) is 23.5 Å². The summed E-state index contributed by atoms with van der Waals surface area (Å²) in [4.78, 5) is 4.43. The number of benzene rings is 2. The summed E-state index contributed by atoms with van der Waals surface area (Å²) in [7, 11) is 0. The molecule has 0 spiro atoms. The summed E-state index contributed by atoms with van der Waals surface area (Å²) < 4.78 is 30.8. The predicted octanol–water partition coefficient (Wildman–Crippen LogP) is 4.56. The number of nitrogens with zero attached hydrogens (tertiary/aromatic N) is 1. The minimum atomic E-state index is -0.386. The fraction of sp³-hybridized carbons (Fsp3) is 0.0500. The van der Waals surface area contributed by atoms with Crippen LogP contribution in [-0.2, 0) is 6.54 Å². The molecular formula is C20H14F2N2S. The molecule has 0 saturated carbocycles. The quantitative estimate of drug-likeness (QED) is 0.550. The molecule has 5 heteroatoms. The molecule has 0 saturated heterocycles. The van der Waals surface area contributed by atoms with E-state index in [0.717, 1.165) is 5.56 Å². The summed E-state index contributed by atoms with van der Waals surface area (Å²) in [5, 5.41) is 0. The van der Waals surface area contributed by atoms with Crippen molar-refractivity contribution in [3.63, 3.8) is 0 Å². The van der Waals surface area contributed by atoms with Crippen LogP contribution in [0.3, 0.4) is 0 Å². The molecule has 0 aliphatic carbocycles. The summed E-state index contributed by atoms with van der Waals surface area (Å²) in [5.41, 5.74) is 1.86. The van der Waals surface area contributed by atoms with E-state index in [4.69, 9.17) is 0 Å². The van der Waals surface area contributed by atoms with Crippen LogP contribution in [0.1, 0.15) is 16.7 Å². The van der Waals surface area contributed by atoms with Crippen molar-refractivity contribution in [1.29, 1.82) is 0 Å². The molecule has 0 aliphatic heterocycles. The van der Waals surface area contributed by atoms with Crippen molar-refractivity contribution >= 4 is 11.9 Å². The number of rotatable bonds is 4. The number of nitrogens with one attached hydrogen (secondary N) is 1. The highest BCUT2D eigenvalue weighted by atomic mass is 32.2. The molecule has 0 bridgehead atoms. The van der Waals surface area contributed by atoms with E-state index in [0.29, 0.717) is 22.6 Å². The van der Waals surface area contributed by atoms with Crippen LogP contribution in [0.15, 0.2) is 71.9 Å². The molecule has 0 fully saturated rings. The molecule has 3 rings (SSSR count). The highest BCUT2D eigenvalue weighted by Gasteiger charge is 2.04. The number of halogens is 2. The Kier molecular flexibility index (Phi) is 5.78. The minimum Gasteiger partial charge on any atom is -0.265 e. The SMILES string of the molecule is Fc1ccccc1C#Cc1ccc(SNCc2ccncc2)c(F)c1. The van der Waals surface area contributed by atoms with Crippen molar-refractivity contribution in [3.8, 4) is 11.8 Å². The van der Waals surface area contributed by atoms with E-state index >= 15 is 0 Å². The Morgan fingerprint density at radius 2 is 1.72 bits per heavy atom. The Hall–Kier alpha value is -2.68. The lowest BCUT2D eigenvalue weighted by molar-refractivity contribution is 0.601. The maximum Gasteiger partial charge on any atom is 0.139 e. The van der Waals surface area contributed by atoms with Gasteiger partial charge in [-0.25, -0.2) is 8.78 Å². The Balaban J connectivity index is 1.64. The van der Waals surface area contributed by atoms with E-state index in [1.165, 1.54) is 24.1 Å². The molecule has 1 N–H and O–H groups in total. The van der Waals surface area contributed by atoms with Gasteiger partial charge in [-0.3, -0.25) is 9.71 Å². The smallest absolute Gasteiger partial charge is 0.139 e. The average molecular weight is 352 g/mol. The van der Waals surface area contributed by atoms with E-state index in [1.54, 1.807) is 42.7 Å². The zero-order valence-corrected chi connectivity index (χ0v) is 14.0. The van der Waals surface area contributed by atoms with Crippen LogP contribution in [0.4, 0.5) is 8.78 Å². The van der Waals surface area contributed by atoms with Crippen molar-refractivity contribution in [1.82, 2.24) is 9.71 Å². The number of pyridine rings is 1. The first kappa shape index (κ1) is 17.2. The van der Waals surface area contributed by atoms with Crippen LogP contribution in [-0.4, -0.2) is 4.98 Å². The molecule has 0 radical (unpaired) electrons. The zero-order valence-electron chi connectivity index (χ0n) is 13.2. The van der Waals surface area contributed by atoms with Crippen molar-refractivity contribution in [2.75, 3.05) is 0 Å². The van der Waals surface area contributed by atoms with Crippen molar-refractivity contribution < 1.29 is 8.78 Å². The molecule has 124 valence electrons. The maximum absolute atomic E-state index is 14.2. The van der Waals surface area contributed by atoms with E-state index < -0.39 is 0 Å². The standard InChI is InChI=1S/C20H14F2N2S/c21-18-4-2-1-3-17(18)7-5-15-6-8-20(19(22)13-15)25-24-14-16-9-11-23-12-10-16/h1-4,6,8-13,24H,14H2. The summed E-state index contributed by atoms with van der Waals surface area (Å²) in [5.74, 6) is 4.75. The minimum absolute atomic E-state index is 0.292. The van der Waals surface area contributed by atoms with Gasteiger partial charge in [0.25, 0.3) is 0 Å². The number of hydrogen-bond acceptors (Lipinski definition) is 3. The number of aromatic nitrogens is 1. The Morgan fingerprint density at radius 3 is 2.48 bits per heavy atom. The van der Waals surface area contributed by atoms with Gasteiger partial charge in [0.2, 0.25) is 0 Å². The van der Waals surface area contributed by atoms with E-state index in [-0.39, 0.29) is 11.6 Å². The lowest BCUT2D eigenvalue weighted by Gasteiger charge is -2.05. The largest absolute Gasteiger partial charge is 0.265 e. The van der Waals surface area contributed by atoms with Gasteiger partial charge in [-0.1, -0.05) is 24.0 Å². The average Bonchev–Trinajstić information content (AvgIpc) is 2.63. The first-order valence-electron chi connectivity index (χ1n) is 7.57. The summed E-state index contributed by atoms with van der Waals surface area (Å²) in [6.45, 7) is 0.599. The summed E-state index contributed by atoms with van der Waals surface area (Å²) in [6.07, 6.45) is 3.43. The molecular weight excluding hydrogens is 338 g/mol. The Bertz CT molecular complexity index is 918. The second kappa shape index (κ2) is 8.43. The summed E-state index contributed by atoms with van der Waals surface area (Å²) in [6, 6.07) is 14.8. The van der Waals surface area contributed by atoms with Crippen LogP contribution in [0.5, 0.6) is 0 Å². The van der Waals surface area contributed by atoms with Gasteiger partial charge in [-0.15, -0.1) is 0 Å². The van der Waals surface area contributed by atoms with Crippen molar-refractivity contribution in [2.45, 2.75) is 11.4 Å². The third kappa shape index (κ3) is 4.90. The normalized spacial score (nSPS) is 10.2. The highest BCUT2D eigenvalue weighted by Crippen LogP contribution is 2.20. The van der Waals surface area contributed by atoms with Crippen LogP contribution >= 0.6 is 11.9 Å². The monoisotopic (exact) mass is 352 g/mol. The van der Waals surface area contributed by atoms with Gasteiger partial charge >= 0.3 is 0 Å². The Labute approximate surface area is 149 Å². The fourth-order valence-corrected chi connectivity index (χ4v) is 2.75. The van der Waals surface area contributed by atoms with Crippen molar-refractivity contribution in [2.24, 2.45) is 0 Å². The fourth-order valence-electron chi connectivity index (χ4n) is 2.06. The van der Waals surface area contributed by atoms with E-state index in [9.17, 15) is 8.78 Å². The molecule has 0 unspecified atom stereocenters. The molecule has 25 heavy (non-hydrogen) atoms. The summed E-state index contributed by atoms with van der Waals surface area (Å²) >= 11 is 1.21. The van der Waals surface area contributed by atoms with Gasteiger partial charge in [0.05, 0.1) is 10.5 Å². The van der Waals surface area contributed by atoms with Crippen LogP contribution in [0.25, 0.3) is 0 Å². The van der Waals surface area contributed by atoms with Crippen LogP contribution in [0.2, 0.25) is 0 Å². The van der Waals surface area contributed by atoms with Gasteiger partial charge in [0.1, 0.15) is 11.6 Å². The second-order valence-corrected chi connectivity index (χ2v) is 6.09. The van der Waals surface area contributed by atoms with E-state index in [2.05, 4.69) is 21.5 Å². The zero-order chi connectivity index (χ0) is 17.5. The maximum atomic E-state index is 14.2. The molecule has 0 aliphatic rings. The lowest BCUT2D eigenvalue weighted by Crippen LogP contribution is -2.03. The highest BCUT2D eigenvalue weighted by molar-refractivity contribution is 7.97. The molecule has 0 atom stereocenters. The second-order valence-electron chi connectivity index (χ2n) is 5.15. The Morgan fingerprint density at radius 1 is 0.920 bits per heavy atom. The molecule has 2 nitrogen and oxygen atoms in total. The van der Waals surface area contributed by atoms with Crippen molar-refractivity contribution in [3.05, 3.63) is 95.3 Å². The first-order valence-corrected chi connectivity index (χ1v) is 8.39. The molecule has 2 aromatic carbocycles. The third-order valence-corrected chi connectivity index (χ3v) is 4.19. The lowest BCUT2D eigenvalue weighted by atomic mass is 10.2. The number of hydrogen-bond donors (Lipinski definition) is 1. The van der Waals surface area contributed by atoms with Gasteiger partial charge < -0.3 is 0 Å². The van der Waals surface area contributed by atoms with Gasteiger partial charge in [-0.2, -0.15) is 0 Å². The molecule has 1 aromatic heterocycles. The van der Waals surface area contributed by atoms with Gasteiger partial charge in [-0.05, 0) is 60.0 Å². The molecule has 1 heterocycles. The third-order valence-electron chi connectivity index (χ3n) is 3.36. The van der Waals surface area contributed by atoms with Gasteiger partial charge in [0.15, 0.2) is 0 Å².